The summed E-state index contributed by atoms with van der Waals surface area (Å²) < 4.78 is 16.8. The highest BCUT2D eigenvalue weighted by Crippen LogP contribution is 2.56. The van der Waals surface area contributed by atoms with Crippen LogP contribution in [0.3, 0.4) is 0 Å². The maximum atomic E-state index is 13.3. The summed E-state index contributed by atoms with van der Waals surface area (Å²) in [6.45, 7) is 1.86. The van der Waals surface area contributed by atoms with E-state index in [1.165, 1.54) is 33.5 Å². The molecule has 0 aromatic heterocycles. The molecule has 0 heterocycles. The molecule has 0 unspecified atom stereocenters. The van der Waals surface area contributed by atoms with E-state index in [9.17, 15) is 25.0 Å². The van der Waals surface area contributed by atoms with Crippen molar-refractivity contribution in [2.75, 3.05) is 26.8 Å². The predicted molar refractivity (Wildman–Crippen MR) is 137 cm³/mol. The Morgan fingerprint density at radius 3 is 1.83 bits per heavy atom. The lowest BCUT2D eigenvalue weighted by Crippen LogP contribution is -2.10. The van der Waals surface area contributed by atoms with Crippen molar-refractivity contribution in [1.29, 1.82) is 0 Å². The van der Waals surface area contributed by atoms with Gasteiger partial charge in [0, 0.05) is 44.6 Å². The van der Waals surface area contributed by atoms with Crippen LogP contribution in [0.15, 0.2) is 27.3 Å². The van der Waals surface area contributed by atoms with E-state index in [0.29, 0.717) is 43.4 Å². The number of nitrogens with one attached hydrogen (secondary N) is 1. The lowest BCUT2D eigenvalue weighted by molar-refractivity contribution is 0.376. The minimum absolute atomic E-state index is 0.0137. The van der Waals surface area contributed by atoms with E-state index < -0.39 is 16.6 Å². The molecule has 9 heteroatoms. The molecule has 0 bridgehead atoms. The standard InChI is InChI=1S/C27H21NO8/c1-9-5-10-16-17-11(6-9)27(36-4)26(32)19-13(30)8-15(35-3)21(23(17)19)20-14(34-2)7-12(29)18(22(16)20)25(31)24(10)28-33/h6-8,28,31-33H,5H2,1-4H3. The van der Waals surface area contributed by atoms with Crippen LogP contribution in [-0.2, 0) is 6.42 Å². The van der Waals surface area contributed by atoms with Gasteiger partial charge in [-0.15, -0.1) is 0 Å². The fourth-order valence-corrected chi connectivity index (χ4v) is 5.84. The molecule has 9 nitrogen and oxygen atoms in total. The Morgan fingerprint density at radius 1 is 0.750 bits per heavy atom. The van der Waals surface area contributed by atoms with Crippen molar-refractivity contribution in [2.45, 2.75) is 13.3 Å². The van der Waals surface area contributed by atoms with Gasteiger partial charge in [0.15, 0.2) is 28.1 Å². The van der Waals surface area contributed by atoms with Crippen molar-refractivity contribution in [3.05, 3.63) is 49.3 Å². The van der Waals surface area contributed by atoms with Gasteiger partial charge in [0.1, 0.15) is 17.2 Å². The Labute approximate surface area is 203 Å². The zero-order valence-corrected chi connectivity index (χ0v) is 19.8. The van der Waals surface area contributed by atoms with Gasteiger partial charge in [0.05, 0.1) is 32.1 Å². The topological polar surface area (TPSA) is 135 Å². The summed E-state index contributed by atoms with van der Waals surface area (Å²) in [6, 6.07) is 2.52. The average Bonchev–Trinajstić information content (AvgIpc) is 3.00. The number of hydrogen-bond acceptors (Lipinski definition) is 9. The number of phenols is 2. The number of allylic oxidation sites excluding steroid dienone is 1. The minimum atomic E-state index is -0.511. The smallest absolute Gasteiger partial charge is 0.194 e. The predicted octanol–water partition coefficient (Wildman–Crippen LogP) is 4.09. The summed E-state index contributed by atoms with van der Waals surface area (Å²) >= 11 is 0. The molecule has 4 N–H and O–H groups in total. The summed E-state index contributed by atoms with van der Waals surface area (Å²) in [6.07, 6.45) is 2.12. The highest BCUT2D eigenvalue weighted by molar-refractivity contribution is 6.39. The second-order valence-corrected chi connectivity index (χ2v) is 8.93. The fraction of sp³-hybridized carbons (Fsp3) is 0.185. The first-order valence-corrected chi connectivity index (χ1v) is 11.1. The van der Waals surface area contributed by atoms with Gasteiger partial charge in [-0.3, -0.25) is 20.3 Å². The Kier molecular flexibility index (Phi) is 4.43. The van der Waals surface area contributed by atoms with Crippen molar-refractivity contribution in [3.8, 4) is 28.7 Å². The molecule has 0 amide bonds. The molecule has 1 aliphatic carbocycles. The van der Waals surface area contributed by atoms with Crippen molar-refractivity contribution in [3.63, 3.8) is 0 Å². The number of ether oxygens (including phenoxy) is 3. The Balaban J connectivity index is 2.20. The van der Waals surface area contributed by atoms with E-state index in [4.69, 9.17) is 14.2 Å². The third-order valence-corrected chi connectivity index (χ3v) is 7.16. The van der Waals surface area contributed by atoms with E-state index in [2.05, 4.69) is 5.48 Å². The zero-order valence-electron chi connectivity index (χ0n) is 19.8. The third-order valence-electron chi connectivity index (χ3n) is 7.16. The van der Waals surface area contributed by atoms with E-state index in [1.54, 1.807) is 0 Å². The van der Waals surface area contributed by atoms with Crippen LogP contribution in [0.2, 0.25) is 0 Å². The number of fused-ring (bicyclic) bond motifs is 1. The van der Waals surface area contributed by atoms with E-state index >= 15 is 0 Å². The zero-order chi connectivity index (χ0) is 25.6. The van der Waals surface area contributed by atoms with E-state index in [1.807, 2.05) is 13.0 Å². The fourth-order valence-electron chi connectivity index (χ4n) is 5.84. The molecular formula is C27H21NO8. The SMILES string of the molecule is COc1c(O)c2c(=O)cc(OC)c3c4c(OC)cc(=O)c5c(O)c(NO)c6c(c(c1C=C(C)C6)c23)c54. The quantitative estimate of drug-likeness (QED) is 0.128. The lowest BCUT2D eigenvalue weighted by Gasteiger charge is -2.23. The monoisotopic (exact) mass is 487 g/mol. The molecule has 5 aromatic rings. The maximum Gasteiger partial charge on any atom is 0.194 e. The number of rotatable bonds is 4. The van der Waals surface area contributed by atoms with Crippen molar-refractivity contribution in [1.82, 2.24) is 0 Å². The van der Waals surface area contributed by atoms with Gasteiger partial charge in [0.25, 0.3) is 0 Å². The van der Waals surface area contributed by atoms with E-state index in [0.717, 1.165) is 5.57 Å². The van der Waals surface area contributed by atoms with Crippen LogP contribution in [0.25, 0.3) is 49.2 Å². The lowest BCUT2D eigenvalue weighted by atomic mass is 9.83. The highest BCUT2D eigenvalue weighted by atomic mass is 16.5. The van der Waals surface area contributed by atoms with Crippen molar-refractivity contribution < 1.29 is 29.6 Å². The van der Waals surface area contributed by atoms with Crippen LogP contribution < -0.4 is 30.5 Å². The normalized spacial score (nSPS) is 13.1. The second kappa shape index (κ2) is 7.25. The molecule has 0 spiro atoms. The van der Waals surface area contributed by atoms with Gasteiger partial charge in [-0.25, -0.2) is 0 Å². The first kappa shape index (κ1) is 22.0. The van der Waals surface area contributed by atoms with Gasteiger partial charge in [-0.1, -0.05) is 11.6 Å². The van der Waals surface area contributed by atoms with Gasteiger partial charge >= 0.3 is 0 Å². The minimum Gasteiger partial charge on any atom is -0.505 e. The Hall–Kier alpha value is -4.50. The number of phenolic OH excluding ortho intramolecular Hbond substituents is 2. The van der Waals surface area contributed by atoms with Crippen molar-refractivity contribution >= 4 is 54.9 Å². The molecular weight excluding hydrogens is 466 g/mol. The van der Waals surface area contributed by atoms with Crippen LogP contribution in [0.4, 0.5) is 5.69 Å². The molecule has 0 saturated carbocycles. The summed E-state index contributed by atoms with van der Waals surface area (Å²) in [5.41, 5.74) is 2.91. The van der Waals surface area contributed by atoms with Crippen LogP contribution in [0.1, 0.15) is 18.1 Å². The maximum absolute atomic E-state index is 13.3. The van der Waals surface area contributed by atoms with Gasteiger partial charge < -0.3 is 24.4 Å². The molecule has 1 aliphatic rings. The third kappa shape index (κ3) is 2.42. The first-order chi connectivity index (χ1) is 17.3. The second-order valence-electron chi connectivity index (χ2n) is 8.93. The van der Waals surface area contributed by atoms with Gasteiger partial charge in [-0.2, -0.15) is 0 Å². The molecule has 0 atom stereocenters. The molecule has 0 radical (unpaired) electrons. The molecule has 6 rings (SSSR count). The summed E-state index contributed by atoms with van der Waals surface area (Å²) in [7, 11) is 4.24. The first-order valence-electron chi connectivity index (χ1n) is 11.1. The van der Waals surface area contributed by atoms with Crippen LogP contribution in [0.5, 0.6) is 28.7 Å². The molecule has 0 aliphatic heterocycles. The number of hydrogen-bond donors (Lipinski definition) is 4. The summed E-state index contributed by atoms with van der Waals surface area (Å²) in [5, 5.41) is 35.3. The largest absolute Gasteiger partial charge is 0.505 e. The molecule has 182 valence electrons. The van der Waals surface area contributed by atoms with Crippen LogP contribution >= 0.6 is 0 Å². The molecule has 36 heavy (non-hydrogen) atoms. The number of aromatic hydroxyl groups is 2. The van der Waals surface area contributed by atoms with Crippen LogP contribution in [-0.4, -0.2) is 36.7 Å². The number of anilines is 1. The number of methoxy groups -OCH3 is 3. The summed E-state index contributed by atoms with van der Waals surface area (Å²) in [4.78, 5) is 26.6. The Bertz CT molecular complexity index is 1930. The highest BCUT2D eigenvalue weighted by Gasteiger charge is 2.32. The summed E-state index contributed by atoms with van der Waals surface area (Å²) in [5.74, 6) is -0.175. The van der Waals surface area contributed by atoms with Crippen LogP contribution in [0, 0.1) is 0 Å². The number of benzene rings is 5. The molecule has 5 aromatic carbocycles. The Morgan fingerprint density at radius 2 is 1.31 bits per heavy atom. The van der Waals surface area contributed by atoms with E-state index in [-0.39, 0.29) is 45.9 Å². The van der Waals surface area contributed by atoms with Gasteiger partial charge in [-0.05, 0) is 24.3 Å². The molecule has 0 saturated heterocycles. The molecule has 0 fully saturated rings. The van der Waals surface area contributed by atoms with Crippen molar-refractivity contribution in [2.24, 2.45) is 0 Å². The average molecular weight is 487 g/mol. The van der Waals surface area contributed by atoms with Gasteiger partial charge in [0.2, 0.25) is 0 Å².